The molecule has 3 N–H and O–H groups in total. The normalized spacial score (nSPS) is 16.1. The number of aromatic amines is 1. The highest BCUT2D eigenvalue weighted by atomic mass is 35.5. The van der Waals surface area contributed by atoms with Crippen molar-refractivity contribution < 1.29 is 0 Å². The van der Waals surface area contributed by atoms with Crippen molar-refractivity contribution in [3.8, 4) is 0 Å². The summed E-state index contributed by atoms with van der Waals surface area (Å²) in [6.45, 7) is 0. The highest BCUT2D eigenvalue weighted by molar-refractivity contribution is 6.33. The highest BCUT2D eigenvalue weighted by Gasteiger charge is 2.27. The zero-order chi connectivity index (χ0) is 10.6. The summed E-state index contributed by atoms with van der Waals surface area (Å²) in [6.07, 6.45) is 2.13. The largest absolute Gasteiger partial charge is 0.397 e. The summed E-state index contributed by atoms with van der Waals surface area (Å²) in [5.41, 5.74) is 7.70. The Morgan fingerprint density at radius 1 is 1.47 bits per heavy atom. The van der Waals surface area contributed by atoms with Crippen LogP contribution in [0.2, 0.25) is 5.02 Å². The lowest BCUT2D eigenvalue weighted by Gasteiger charge is -2.01. The van der Waals surface area contributed by atoms with E-state index in [-0.39, 0.29) is 5.69 Å². The van der Waals surface area contributed by atoms with Gasteiger partial charge in [-0.25, -0.2) is 4.79 Å². The summed E-state index contributed by atoms with van der Waals surface area (Å²) < 4.78 is 1.76. The Balaban J connectivity index is 2.39. The molecule has 1 heterocycles. The minimum atomic E-state index is -0.0748. The number of nitrogen functional groups attached to an aromatic ring is 1. The first kappa shape index (κ1) is 8.85. The molecule has 1 aliphatic carbocycles. The fraction of sp³-hybridized carbons (Fsp3) is 0.300. The van der Waals surface area contributed by atoms with Gasteiger partial charge in [0.15, 0.2) is 0 Å². The smallest absolute Gasteiger partial charge is 0.326 e. The second-order valence-corrected chi connectivity index (χ2v) is 4.33. The monoisotopic (exact) mass is 223 g/mol. The van der Waals surface area contributed by atoms with E-state index in [1.807, 2.05) is 0 Å². The first-order chi connectivity index (χ1) is 7.16. The number of benzene rings is 1. The predicted octanol–water partition coefficient (Wildman–Crippen LogP) is 1.90. The molecule has 78 valence electrons. The number of anilines is 1. The molecule has 4 nitrogen and oxygen atoms in total. The van der Waals surface area contributed by atoms with Gasteiger partial charge in [0.05, 0.1) is 21.7 Å². The van der Waals surface area contributed by atoms with Crippen molar-refractivity contribution in [2.45, 2.75) is 18.9 Å². The van der Waals surface area contributed by atoms with Gasteiger partial charge in [-0.1, -0.05) is 11.6 Å². The molecule has 0 aliphatic heterocycles. The molecule has 0 amide bonds. The third-order valence-electron chi connectivity index (χ3n) is 2.75. The van der Waals surface area contributed by atoms with E-state index in [1.54, 1.807) is 16.7 Å². The number of nitrogens with zero attached hydrogens (tertiary/aromatic N) is 1. The quantitative estimate of drug-likeness (QED) is 0.726. The zero-order valence-corrected chi connectivity index (χ0v) is 8.71. The SMILES string of the molecule is Nc1cc2[nH]c(=O)n(C3CC3)c2cc1Cl. The highest BCUT2D eigenvalue weighted by Crippen LogP contribution is 2.36. The van der Waals surface area contributed by atoms with E-state index >= 15 is 0 Å². The van der Waals surface area contributed by atoms with E-state index in [2.05, 4.69) is 4.98 Å². The number of imidazole rings is 1. The number of hydrogen-bond donors (Lipinski definition) is 2. The Morgan fingerprint density at radius 2 is 2.20 bits per heavy atom. The first-order valence-corrected chi connectivity index (χ1v) is 5.24. The van der Waals surface area contributed by atoms with Gasteiger partial charge in [-0.05, 0) is 25.0 Å². The molecule has 1 aromatic heterocycles. The fourth-order valence-corrected chi connectivity index (χ4v) is 2.02. The van der Waals surface area contributed by atoms with E-state index in [1.165, 1.54) is 0 Å². The second-order valence-electron chi connectivity index (χ2n) is 3.92. The van der Waals surface area contributed by atoms with Crippen molar-refractivity contribution in [1.29, 1.82) is 0 Å². The summed E-state index contributed by atoms with van der Waals surface area (Å²) >= 11 is 5.94. The molecule has 0 atom stereocenters. The lowest BCUT2D eigenvalue weighted by Crippen LogP contribution is -2.14. The van der Waals surface area contributed by atoms with Crippen molar-refractivity contribution >= 4 is 28.3 Å². The summed E-state index contributed by atoms with van der Waals surface area (Å²) in [4.78, 5) is 14.5. The van der Waals surface area contributed by atoms with Crippen LogP contribution in [0, 0.1) is 0 Å². The summed E-state index contributed by atoms with van der Waals surface area (Å²) in [6, 6.07) is 3.80. The minimum Gasteiger partial charge on any atom is -0.397 e. The van der Waals surface area contributed by atoms with Crippen LogP contribution in [0.1, 0.15) is 18.9 Å². The predicted molar refractivity (Wildman–Crippen MR) is 60.3 cm³/mol. The molecule has 1 fully saturated rings. The molecular weight excluding hydrogens is 214 g/mol. The van der Waals surface area contributed by atoms with Crippen LogP contribution in [-0.4, -0.2) is 9.55 Å². The van der Waals surface area contributed by atoms with Crippen LogP contribution in [0.4, 0.5) is 5.69 Å². The number of halogens is 1. The van der Waals surface area contributed by atoms with Crippen LogP contribution in [0.3, 0.4) is 0 Å². The molecule has 3 rings (SSSR count). The molecule has 0 spiro atoms. The van der Waals surface area contributed by atoms with Crippen LogP contribution in [-0.2, 0) is 0 Å². The van der Waals surface area contributed by atoms with Crippen molar-refractivity contribution in [2.75, 3.05) is 5.73 Å². The fourth-order valence-electron chi connectivity index (χ4n) is 1.86. The van der Waals surface area contributed by atoms with Gasteiger partial charge in [0.1, 0.15) is 0 Å². The number of nitrogens with one attached hydrogen (secondary N) is 1. The Hall–Kier alpha value is -1.42. The lowest BCUT2D eigenvalue weighted by molar-refractivity contribution is 0.733. The Kier molecular flexibility index (Phi) is 1.65. The number of nitrogens with two attached hydrogens (primary N) is 1. The van der Waals surface area contributed by atoms with Gasteiger partial charge in [0, 0.05) is 6.04 Å². The number of rotatable bonds is 1. The maximum Gasteiger partial charge on any atom is 0.326 e. The van der Waals surface area contributed by atoms with Crippen molar-refractivity contribution in [3.05, 3.63) is 27.6 Å². The van der Waals surface area contributed by atoms with Crippen LogP contribution in [0.15, 0.2) is 16.9 Å². The van der Waals surface area contributed by atoms with Crippen LogP contribution < -0.4 is 11.4 Å². The molecule has 0 radical (unpaired) electrons. The number of hydrogen-bond acceptors (Lipinski definition) is 2. The minimum absolute atomic E-state index is 0.0748. The van der Waals surface area contributed by atoms with E-state index in [9.17, 15) is 4.79 Å². The third-order valence-corrected chi connectivity index (χ3v) is 3.07. The first-order valence-electron chi connectivity index (χ1n) is 4.86. The molecule has 15 heavy (non-hydrogen) atoms. The van der Waals surface area contributed by atoms with Gasteiger partial charge in [0.25, 0.3) is 0 Å². The number of H-pyrrole nitrogens is 1. The zero-order valence-electron chi connectivity index (χ0n) is 7.96. The molecule has 2 aromatic rings. The van der Waals surface area contributed by atoms with Gasteiger partial charge >= 0.3 is 5.69 Å². The topological polar surface area (TPSA) is 63.8 Å². The van der Waals surface area contributed by atoms with E-state index in [4.69, 9.17) is 17.3 Å². The van der Waals surface area contributed by atoms with Crippen LogP contribution >= 0.6 is 11.6 Å². The standard InChI is InChI=1S/C10H10ClN3O/c11-6-3-9-8(4-7(6)12)13-10(15)14(9)5-1-2-5/h3-5H,1-2,12H2,(H,13,15). The Bertz CT molecular complexity index is 594. The molecule has 1 saturated carbocycles. The average molecular weight is 224 g/mol. The average Bonchev–Trinajstić information content (AvgIpc) is 2.93. The second kappa shape index (κ2) is 2.79. The Labute approximate surface area is 90.6 Å². The van der Waals surface area contributed by atoms with Gasteiger partial charge in [-0.3, -0.25) is 4.57 Å². The molecule has 0 unspecified atom stereocenters. The van der Waals surface area contributed by atoms with Gasteiger partial charge in [0.2, 0.25) is 0 Å². The molecular formula is C10H10ClN3O. The maximum absolute atomic E-state index is 11.7. The number of aromatic nitrogens is 2. The summed E-state index contributed by atoms with van der Waals surface area (Å²) in [7, 11) is 0. The van der Waals surface area contributed by atoms with Gasteiger partial charge < -0.3 is 10.7 Å². The van der Waals surface area contributed by atoms with Crippen molar-refractivity contribution in [3.63, 3.8) is 0 Å². The van der Waals surface area contributed by atoms with E-state index in [0.29, 0.717) is 16.8 Å². The lowest BCUT2D eigenvalue weighted by atomic mass is 10.3. The molecule has 0 bridgehead atoms. The van der Waals surface area contributed by atoms with Crippen molar-refractivity contribution in [2.24, 2.45) is 0 Å². The van der Waals surface area contributed by atoms with E-state index in [0.717, 1.165) is 23.9 Å². The third kappa shape index (κ3) is 1.25. The molecule has 0 saturated heterocycles. The van der Waals surface area contributed by atoms with Gasteiger partial charge in [-0.15, -0.1) is 0 Å². The molecule has 1 aromatic carbocycles. The maximum atomic E-state index is 11.7. The summed E-state index contributed by atoms with van der Waals surface area (Å²) in [5.74, 6) is 0. The molecule has 1 aliphatic rings. The Morgan fingerprint density at radius 3 is 2.87 bits per heavy atom. The molecule has 5 heteroatoms. The van der Waals surface area contributed by atoms with Crippen molar-refractivity contribution in [1.82, 2.24) is 9.55 Å². The van der Waals surface area contributed by atoms with Gasteiger partial charge in [-0.2, -0.15) is 0 Å². The number of fused-ring (bicyclic) bond motifs is 1. The van der Waals surface area contributed by atoms with Crippen LogP contribution in [0.5, 0.6) is 0 Å². The van der Waals surface area contributed by atoms with E-state index < -0.39 is 0 Å². The summed E-state index contributed by atoms with van der Waals surface area (Å²) in [5, 5.41) is 0.496. The van der Waals surface area contributed by atoms with Crippen LogP contribution in [0.25, 0.3) is 11.0 Å².